The van der Waals surface area contributed by atoms with E-state index in [0.29, 0.717) is 12.2 Å². The van der Waals surface area contributed by atoms with Gasteiger partial charge in [-0.05, 0) is 17.7 Å². The summed E-state index contributed by atoms with van der Waals surface area (Å²) in [5, 5.41) is 8.69. The molecule has 22 heavy (non-hydrogen) atoms. The van der Waals surface area contributed by atoms with Crippen molar-refractivity contribution >= 4 is 17.3 Å². The van der Waals surface area contributed by atoms with E-state index in [1.807, 2.05) is 0 Å². The smallest absolute Gasteiger partial charge is 0.422 e. The van der Waals surface area contributed by atoms with Crippen LogP contribution in [0, 0.1) is 0 Å². The minimum Gasteiger partial charge on any atom is -0.484 e. The molecule has 0 aliphatic carbocycles. The molecular formula is C13H11ClF3N3O2. The van der Waals surface area contributed by atoms with Gasteiger partial charge in [0.1, 0.15) is 10.8 Å². The molecule has 0 radical (unpaired) electrons. The first-order chi connectivity index (χ1) is 10.3. The van der Waals surface area contributed by atoms with E-state index in [0.717, 1.165) is 5.56 Å². The summed E-state index contributed by atoms with van der Waals surface area (Å²) in [5.74, 6) is 0.122. The minimum atomic E-state index is -4.37. The Morgan fingerprint density at radius 2 is 1.95 bits per heavy atom. The van der Waals surface area contributed by atoms with Crippen LogP contribution in [-0.4, -0.2) is 23.0 Å². The summed E-state index contributed by atoms with van der Waals surface area (Å²) in [6.45, 7) is -1.01. The number of ether oxygens (including phenoxy) is 1. The number of rotatable bonds is 5. The topological polar surface area (TPSA) is 67.0 Å². The van der Waals surface area contributed by atoms with Gasteiger partial charge in [0.2, 0.25) is 0 Å². The highest BCUT2D eigenvalue weighted by atomic mass is 35.5. The summed E-state index contributed by atoms with van der Waals surface area (Å²) in [4.78, 5) is 11.3. The lowest BCUT2D eigenvalue weighted by Crippen LogP contribution is -2.19. The molecule has 0 atom stereocenters. The average molecular weight is 334 g/mol. The fourth-order valence-corrected chi connectivity index (χ4v) is 1.73. The molecule has 1 aromatic heterocycles. The first-order valence-electron chi connectivity index (χ1n) is 6.11. The van der Waals surface area contributed by atoms with E-state index in [1.165, 1.54) is 18.3 Å². The van der Waals surface area contributed by atoms with Gasteiger partial charge in [0.25, 0.3) is 5.56 Å². The summed E-state index contributed by atoms with van der Waals surface area (Å²) < 4.78 is 40.7. The molecule has 2 rings (SSSR count). The van der Waals surface area contributed by atoms with Crippen molar-refractivity contribution < 1.29 is 17.9 Å². The van der Waals surface area contributed by atoms with Gasteiger partial charge in [0, 0.05) is 6.54 Å². The summed E-state index contributed by atoms with van der Waals surface area (Å²) >= 11 is 5.80. The van der Waals surface area contributed by atoms with Crippen molar-refractivity contribution in [3.8, 4) is 5.75 Å². The standard InChI is InChI=1S/C13H11ClF3N3O2/c14-11-10(6-19-20-12(11)21)18-5-8-1-3-9(4-2-8)22-7-13(15,16)17/h1-4,6H,5,7H2,(H2,18,20,21). The Morgan fingerprint density at radius 1 is 1.27 bits per heavy atom. The molecule has 5 nitrogen and oxygen atoms in total. The SMILES string of the molecule is O=c1[nH]ncc(NCc2ccc(OCC(F)(F)F)cc2)c1Cl. The van der Waals surface area contributed by atoms with Crippen molar-refractivity contribution in [3.05, 3.63) is 51.4 Å². The molecule has 2 aromatic rings. The van der Waals surface area contributed by atoms with Gasteiger partial charge < -0.3 is 10.1 Å². The molecular weight excluding hydrogens is 323 g/mol. The fourth-order valence-electron chi connectivity index (χ4n) is 1.57. The molecule has 0 amide bonds. The van der Waals surface area contributed by atoms with Gasteiger partial charge in [-0.15, -0.1) is 0 Å². The van der Waals surface area contributed by atoms with Crippen LogP contribution in [0.15, 0.2) is 35.3 Å². The monoisotopic (exact) mass is 333 g/mol. The molecule has 1 aromatic carbocycles. The molecule has 0 aliphatic heterocycles. The lowest BCUT2D eigenvalue weighted by Gasteiger charge is -2.10. The number of aromatic nitrogens is 2. The van der Waals surface area contributed by atoms with Crippen LogP contribution in [0.1, 0.15) is 5.56 Å². The number of H-pyrrole nitrogens is 1. The third-order valence-corrected chi connectivity index (χ3v) is 2.98. The molecule has 1 heterocycles. The molecule has 0 fully saturated rings. The number of hydrogen-bond donors (Lipinski definition) is 2. The van der Waals surface area contributed by atoms with Crippen molar-refractivity contribution in [2.75, 3.05) is 11.9 Å². The largest absolute Gasteiger partial charge is 0.484 e. The summed E-state index contributed by atoms with van der Waals surface area (Å²) in [5.41, 5.74) is 0.626. The number of halogens is 4. The Balaban J connectivity index is 1.94. The number of alkyl halides is 3. The Morgan fingerprint density at radius 3 is 2.59 bits per heavy atom. The molecule has 0 aliphatic rings. The third kappa shape index (κ3) is 4.66. The number of anilines is 1. The van der Waals surface area contributed by atoms with Gasteiger partial charge in [-0.3, -0.25) is 4.79 Å². The number of nitrogens with one attached hydrogen (secondary N) is 2. The molecule has 0 unspecified atom stereocenters. The van der Waals surface area contributed by atoms with E-state index in [9.17, 15) is 18.0 Å². The molecule has 0 bridgehead atoms. The predicted molar refractivity (Wildman–Crippen MR) is 75.2 cm³/mol. The Bertz CT molecular complexity index is 686. The molecule has 9 heteroatoms. The maximum absolute atomic E-state index is 12.0. The van der Waals surface area contributed by atoms with Crippen molar-refractivity contribution in [1.29, 1.82) is 0 Å². The predicted octanol–water partition coefficient (Wildman–Crippen LogP) is 2.98. The second-order valence-electron chi connectivity index (χ2n) is 4.33. The lowest BCUT2D eigenvalue weighted by molar-refractivity contribution is -0.153. The normalized spacial score (nSPS) is 11.3. The molecule has 0 saturated heterocycles. The van der Waals surface area contributed by atoms with Crippen LogP contribution in [0.25, 0.3) is 0 Å². The van der Waals surface area contributed by atoms with E-state index in [1.54, 1.807) is 12.1 Å². The number of hydrogen-bond acceptors (Lipinski definition) is 4. The molecule has 0 saturated carbocycles. The van der Waals surface area contributed by atoms with Gasteiger partial charge in [-0.2, -0.15) is 18.3 Å². The quantitative estimate of drug-likeness (QED) is 0.882. The van der Waals surface area contributed by atoms with E-state index >= 15 is 0 Å². The maximum Gasteiger partial charge on any atom is 0.422 e. The zero-order valence-corrected chi connectivity index (χ0v) is 11.8. The lowest BCUT2D eigenvalue weighted by atomic mass is 10.2. The third-order valence-electron chi connectivity index (χ3n) is 2.60. The highest BCUT2D eigenvalue weighted by molar-refractivity contribution is 6.32. The van der Waals surface area contributed by atoms with Gasteiger partial charge in [0.05, 0.1) is 11.9 Å². The van der Waals surface area contributed by atoms with Crippen LogP contribution in [0.2, 0.25) is 5.02 Å². The number of benzene rings is 1. The average Bonchev–Trinajstić information content (AvgIpc) is 2.47. The minimum absolute atomic E-state index is 0.0138. The molecule has 2 N–H and O–H groups in total. The van der Waals surface area contributed by atoms with Crippen LogP contribution in [-0.2, 0) is 6.54 Å². The van der Waals surface area contributed by atoms with E-state index < -0.39 is 18.3 Å². The van der Waals surface area contributed by atoms with Crippen LogP contribution >= 0.6 is 11.6 Å². The summed E-state index contributed by atoms with van der Waals surface area (Å²) in [6.07, 6.45) is -3.01. The van der Waals surface area contributed by atoms with E-state index in [4.69, 9.17) is 11.6 Å². The number of aromatic amines is 1. The molecule has 118 valence electrons. The first-order valence-corrected chi connectivity index (χ1v) is 6.48. The summed E-state index contributed by atoms with van der Waals surface area (Å²) in [7, 11) is 0. The maximum atomic E-state index is 12.0. The Hall–Kier alpha value is -2.22. The van der Waals surface area contributed by atoms with Gasteiger partial charge >= 0.3 is 6.18 Å². The molecule has 0 spiro atoms. The van der Waals surface area contributed by atoms with Gasteiger partial charge in [-0.25, -0.2) is 5.10 Å². The second-order valence-corrected chi connectivity index (χ2v) is 4.71. The van der Waals surface area contributed by atoms with Crippen molar-refractivity contribution in [2.45, 2.75) is 12.7 Å². The van der Waals surface area contributed by atoms with Crippen molar-refractivity contribution in [2.24, 2.45) is 0 Å². The van der Waals surface area contributed by atoms with Crippen LogP contribution in [0.5, 0.6) is 5.75 Å². The van der Waals surface area contributed by atoms with Crippen LogP contribution in [0.3, 0.4) is 0 Å². The first kappa shape index (κ1) is 16.2. The fraction of sp³-hybridized carbons (Fsp3) is 0.231. The van der Waals surface area contributed by atoms with Crippen LogP contribution in [0.4, 0.5) is 18.9 Å². The highest BCUT2D eigenvalue weighted by Crippen LogP contribution is 2.20. The zero-order valence-electron chi connectivity index (χ0n) is 11.1. The van der Waals surface area contributed by atoms with Crippen LogP contribution < -0.4 is 15.6 Å². The van der Waals surface area contributed by atoms with Gasteiger partial charge in [0.15, 0.2) is 6.61 Å². The van der Waals surface area contributed by atoms with Crippen molar-refractivity contribution in [1.82, 2.24) is 10.2 Å². The second kappa shape index (κ2) is 6.69. The highest BCUT2D eigenvalue weighted by Gasteiger charge is 2.28. The number of nitrogens with zero attached hydrogens (tertiary/aromatic N) is 1. The Kier molecular flexibility index (Phi) is 4.92. The van der Waals surface area contributed by atoms with E-state index in [-0.39, 0.29) is 10.8 Å². The summed E-state index contributed by atoms with van der Waals surface area (Å²) in [6, 6.07) is 6.07. The zero-order chi connectivity index (χ0) is 16.2. The van der Waals surface area contributed by atoms with E-state index in [2.05, 4.69) is 20.3 Å². The van der Waals surface area contributed by atoms with Gasteiger partial charge in [-0.1, -0.05) is 23.7 Å². The Labute approximate surface area is 128 Å². The van der Waals surface area contributed by atoms with Crippen molar-refractivity contribution in [3.63, 3.8) is 0 Å².